The Morgan fingerprint density at radius 1 is 0.590 bits per heavy atom. The van der Waals surface area contributed by atoms with Gasteiger partial charge < -0.3 is 9.47 Å². The van der Waals surface area contributed by atoms with E-state index in [-0.39, 0.29) is 38.2 Å². The molecule has 0 unspecified atom stereocenters. The van der Waals surface area contributed by atoms with Crippen LogP contribution in [0.4, 0.5) is 0 Å². The van der Waals surface area contributed by atoms with Crippen molar-refractivity contribution in [3.8, 4) is 28.4 Å². The van der Waals surface area contributed by atoms with Crippen LogP contribution in [0.2, 0.25) is 0 Å². The Bertz CT molecular complexity index is 1860. The van der Waals surface area contributed by atoms with Gasteiger partial charge in [0.25, 0.3) is 20.2 Å². The van der Waals surface area contributed by atoms with Crippen molar-refractivity contribution in [3.05, 3.63) is 90.5 Å². The molecule has 0 atom stereocenters. The van der Waals surface area contributed by atoms with Gasteiger partial charge in [-0.15, -0.1) is 0 Å². The average molecular weight is 591 g/mol. The number of benzene rings is 4. The molecule has 0 bridgehead atoms. The van der Waals surface area contributed by atoms with E-state index >= 15 is 0 Å². The molecule has 0 fully saturated rings. The molecule has 4 rings (SSSR count). The normalized spacial score (nSPS) is 12.2. The van der Waals surface area contributed by atoms with Crippen molar-refractivity contribution >= 4 is 30.1 Å². The van der Waals surface area contributed by atoms with E-state index in [1.54, 1.807) is 12.1 Å². The van der Waals surface area contributed by atoms with Gasteiger partial charge in [-0.3, -0.25) is 9.11 Å². The third-order valence-electron chi connectivity index (χ3n) is 5.69. The summed E-state index contributed by atoms with van der Waals surface area (Å²) in [5, 5.41) is 0. The third kappa shape index (κ3) is 6.13. The second kappa shape index (κ2) is 10.4. The van der Waals surface area contributed by atoms with Crippen LogP contribution in [0.15, 0.2) is 105 Å². The van der Waals surface area contributed by atoms with Crippen LogP contribution in [-0.2, 0) is 30.1 Å². The number of hydrogen-bond donors (Lipinski definition) is 2. The van der Waals surface area contributed by atoms with Gasteiger partial charge in [0.05, 0.1) is 16.9 Å². The second-order valence-electron chi connectivity index (χ2n) is 8.37. The van der Waals surface area contributed by atoms with Crippen LogP contribution < -0.4 is 9.47 Å². The van der Waals surface area contributed by atoms with Gasteiger partial charge >= 0.3 is 0 Å². The molecule has 0 aromatic heterocycles. The average Bonchev–Trinajstić information content (AvgIpc) is 2.88. The highest BCUT2D eigenvalue weighted by molar-refractivity contribution is 7.91. The summed E-state index contributed by atoms with van der Waals surface area (Å²) in [5.41, 5.74) is 1.29. The van der Waals surface area contributed by atoms with E-state index in [1.807, 2.05) is 6.92 Å². The van der Waals surface area contributed by atoms with Crippen LogP contribution in [0.5, 0.6) is 17.2 Å². The molecule has 0 radical (unpaired) electrons. The summed E-state index contributed by atoms with van der Waals surface area (Å²) in [6.45, 7) is 1.84. The van der Waals surface area contributed by atoms with E-state index in [0.717, 1.165) is 17.7 Å². The van der Waals surface area contributed by atoms with Crippen LogP contribution in [0.25, 0.3) is 11.1 Å². The maximum Gasteiger partial charge on any atom is 0.298 e. The fraction of sp³-hybridized carbons (Fsp3) is 0.0769. The fourth-order valence-corrected chi connectivity index (χ4v) is 6.28. The highest BCUT2D eigenvalue weighted by Crippen LogP contribution is 2.36. The van der Waals surface area contributed by atoms with Crippen LogP contribution in [0, 0.1) is 6.92 Å². The predicted octanol–water partition coefficient (Wildman–Crippen LogP) is 4.79. The highest BCUT2D eigenvalue weighted by atomic mass is 32.2. The summed E-state index contributed by atoms with van der Waals surface area (Å²) >= 11 is 0. The van der Waals surface area contributed by atoms with Gasteiger partial charge in [-0.05, 0) is 78.7 Å². The van der Waals surface area contributed by atoms with Crippen LogP contribution in [0.1, 0.15) is 5.56 Å². The van der Waals surface area contributed by atoms with Gasteiger partial charge in [-0.2, -0.15) is 16.8 Å². The molecule has 0 aliphatic heterocycles. The number of aryl methyl sites for hydroxylation is 1. The van der Waals surface area contributed by atoms with Gasteiger partial charge in [0.2, 0.25) is 9.84 Å². The highest BCUT2D eigenvalue weighted by Gasteiger charge is 2.22. The van der Waals surface area contributed by atoms with Gasteiger partial charge in [0.1, 0.15) is 27.0 Å². The minimum Gasteiger partial charge on any atom is -0.495 e. The molecule has 4 aromatic rings. The van der Waals surface area contributed by atoms with Crippen molar-refractivity contribution in [2.24, 2.45) is 0 Å². The smallest absolute Gasteiger partial charge is 0.298 e. The Kier molecular flexibility index (Phi) is 7.56. The quantitative estimate of drug-likeness (QED) is 0.273. The van der Waals surface area contributed by atoms with Crippen molar-refractivity contribution in [1.29, 1.82) is 0 Å². The maximum absolute atomic E-state index is 12.9. The third-order valence-corrected chi connectivity index (χ3v) is 9.22. The van der Waals surface area contributed by atoms with E-state index < -0.39 is 39.9 Å². The predicted molar refractivity (Wildman–Crippen MR) is 141 cm³/mol. The Morgan fingerprint density at radius 2 is 1.03 bits per heavy atom. The zero-order valence-corrected chi connectivity index (χ0v) is 22.9. The van der Waals surface area contributed by atoms with Crippen molar-refractivity contribution < 1.29 is 43.8 Å². The van der Waals surface area contributed by atoms with Crippen molar-refractivity contribution in [2.75, 3.05) is 7.11 Å². The van der Waals surface area contributed by atoms with Gasteiger partial charge in [-0.25, -0.2) is 8.42 Å². The molecule has 0 saturated carbocycles. The molecule has 0 amide bonds. The summed E-state index contributed by atoms with van der Waals surface area (Å²) in [6, 6.07) is 19.2. The molecular weight excluding hydrogens is 568 g/mol. The second-order valence-corrected chi connectivity index (χ2v) is 13.1. The molecule has 10 nitrogen and oxygen atoms in total. The molecule has 0 saturated heterocycles. The molecule has 4 aromatic carbocycles. The Labute approximate surface area is 225 Å². The zero-order chi connectivity index (χ0) is 28.6. The summed E-state index contributed by atoms with van der Waals surface area (Å²) in [7, 11) is -12.1. The Balaban J connectivity index is 1.69. The van der Waals surface area contributed by atoms with Crippen molar-refractivity contribution in [2.45, 2.75) is 26.5 Å². The molecule has 204 valence electrons. The zero-order valence-electron chi connectivity index (χ0n) is 20.5. The molecule has 2 N–H and O–H groups in total. The van der Waals surface area contributed by atoms with Gasteiger partial charge in [-0.1, -0.05) is 29.8 Å². The van der Waals surface area contributed by atoms with E-state index in [4.69, 9.17) is 9.47 Å². The minimum absolute atomic E-state index is 0.00167. The largest absolute Gasteiger partial charge is 0.495 e. The lowest BCUT2D eigenvalue weighted by Gasteiger charge is -2.13. The van der Waals surface area contributed by atoms with Crippen LogP contribution in [0.3, 0.4) is 0 Å². The molecule has 0 spiro atoms. The molecule has 0 aliphatic rings. The number of methoxy groups -OCH3 is 1. The number of sulfone groups is 1. The monoisotopic (exact) mass is 590 g/mol. The standard InChI is InChI=1S/C26H22O10S3/c1-17-3-9-21(10-4-17)37(27,28)22-11-7-20(8-12-22)36-24-14-6-19(16-26(24)39(32,33)34)18-5-13-23(35-2)25(15-18)38(29,30)31/h3-16H,1-2H3,(H,29,30,31)(H,32,33,34). The minimum atomic E-state index is -4.82. The first-order valence-electron chi connectivity index (χ1n) is 11.1. The first kappa shape index (κ1) is 28.3. The van der Waals surface area contributed by atoms with E-state index in [9.17, 15) is 34.4 Å². The summed E-state index contributed by atoms with van der Waals surface area (Å²) in [6.07, 6.45) is 0. The molecule has 0 heterocycles. The number of ether oxygens (including phenoxy) is 2. The SMILES string of the molecule is COc1ccc(-c2ccc(Oc3ccc(S(=O)(=O)c4ccc(C)cc4)cc3)c(S(=O)(=O)O)c2)cc1S(=O)(=O)O. The lowest BCUT2D eigenvalue weighted by molar-refractivity contribution is 0.397. The summed E-state index contributed by atoms with van der Waals surface area (Å²) in [4.78, 5) is -1.04. The number of rotatable bonds is 8. The molecule has 13 heteroatoms. The van der Waals surface area contributed by atoms with Gasteiger partial charge in [0.15, 0.2) is 0 Å². The van der Waals surface area contributed by atoms with Crippen molar-refractivity contribution in [3.63, 3.8) is 0 Å². The molecule has 0 aliphatic carbocycles. The molecule has 39 heavy (non-hydrogen) atoms. The van der Waals surface area contributed by atoms with E-state index in [1.165, 1.54) is 67.8 Å². The fourth-order valence-electron chi connectivity index (χ4n) is 3.70. The summed E-state index contributed by atoms with van der Waals surface area (Å²) in [5.74, 6) is -0.295. The van der Waals surface area contributed by atoms with Crippen LogP contribution in [-0.4, -0.2) is 41.5 Å². The number of hydrogen-bond acceptors (Lipinski definition) is 8. The maximum atomic E-state index is 12.9. The Morgan fingerprint density at radius 3 is 1.49 bits per heavy atom. The van der Waals surface area contributed by atoms with E-state index in [0.29, 0.717) is 0 Å². The lowest BCUT2D eigenvalue weighted by Crippen LogP contribution is -2.04. The summed E-state index contributed by atoms with van der Waals surface area (Å²) < 4.78 is 104. The first-order chi connectivity index (χ1) is 18.2. The lowest BCUT2D eigenvalue weighted by atomic mass is 10.1. The van der Waals surface area contributed by atoms with E-state index in [2.05, 4.69) is 0 Å². The Hall–Kier alpha value is -3.75. The van der Waals surface area contributed by atoms with Gasteiger partial charge in [0, 0.05) is 0 Å². The van der Waals surface area contributed by atoms with Crippen molar-refractivity contribution in [1.82, 2.24) is 0 Å². The topological polar surface area (TPSA) is 161 Å². The first-order valence-corrected chi connectivity index (χ1v) is 15.4. The molecular formula is C26H22O10S3. The van der Waals surface area contributed by atoms with Crippen LogP contribution >= 0.6 is 0 Å².